The predicted molar refractivity (Wildman–Crippen MR) is 86.1 cm³/mol. The monoisotopic (exact) mass is 369 g/mol. The van der Waals surface area contributed by atoms with Gasteiger partial charge in [0.05, 0.1) is 25.4 Å². The first kappa shape index (κ1) is 18.3. The molecule has 1 aliphatic rings. The summed E-state index contributed by atoms with van der Waals surface area (Å²) in [5, 5.41) is 0. The third-order valence-corrected chi connectivity index (χ3v) is 4.14. The highest BCUT2D eigenvalue weighted by molar-refractivity contribution is 5.91. The Kier molecular flexibility index (Phi) is 5.22. The van der Waals surface area contributed by atoms with Crippen LogP contribution in [0.4, 0.5) is 13.2 Å². The van der Waals surface area contributed by atoms with E-state index in [0.29, 0.717) is 18.7 Å². The lowest BCUT2D eigenvalue weighted by Crippen LogP contribution is -2.46. The van der Waals surface area contributed by atoms with Crippen molar-refractivity contribution in [3.63, 3.8) is 0 Å². The van der Waals surface area contributed by atoms with Gasteiger partial charge in [0.25, 0.3) is 11.9 Å². The van der Waals surface area contributed by atoms with Crippen LogP contribution in [-0.4, -0.2) is 43.7 Å². The van der Waals surface area contributed by atoms with Gasteiger partial charge in [-0.15, -0.1) is 0 Å². The number of alkyl halides is 3. The Balaban J connectivity index is 1.66. The third-order valence-electron chi connectivity index (χ3n) is 4.14. The largest absolute Gasteiger partial charge is 0.468 e. The Labute approximate surface area is 148 Å². The number of hydrogen-bond donors (Lipinski definition) is 0. The van der Waals surface area contributed by atoms with Gasteiger partial charge in [0.1, 0.15) is 0 Å². The van der Waals surface area contributed by atoms with Crippen molar-refractivity contribution in [1.82, 2.24) is 4.90 Å². The number of ether oxygens (including phenoxy) is 2. The molecule has 0 aliphatic carbocycles. The maximum absolute atomic E-state index is 12.8. The summed E-state index contributed by atoms with van der Waals surface area (Å²) in [4.78, 5) is 14.1. The first-order valence-corrected chi connectivity index (χ1v) is 8.07. The molecule has 8 heteroatoms. The maximum atomic E-state index is 12.8. The summed E-state index contributed by atoms with van der Waals surface area (Å²) in [7, 11) is 1.44. The molecule has 0 radical (unpaired) electrons. The number of benzene rings is 1. The minimum Gasteiger partial charge on any atom is -0.468 e. The molecule has 2 aromatic rings. The van der Waals surface area contributed by atoms with Crippen LogP contribution < -0.4 is 4.74 Å². The summed E-state index contributed by atoms with van der Waals surface area (Å²) in [6.45, 7) is 0.978. The number of amides is 1. The zero-order chi connectivity index (χ0) is 18.7. The van der Waals surface area contributed by atoms with Gasteiger partial charge in [0, 0.05) is 25.6 Å². The molecule has 1 aromatic carbocycles. The van der Waals surface area contributed by atoms with E-state index >= 15 is 0 Å². The number of nitrogens with zero attached hydrogens (tertiary/aromatic N) is 1. The van der Waals surface area contributed by atoms with Crippen LogP contribution in [0.2, 0.25) is 0 Å². The summed E-state index contributed by atoms with van der Waals surface area (Å²) in [5.41, 5.74) is -0.180. The second-order valence-corrected chi connectivity index (χ2v) is 5.97. The van der Waals surface area contributed by atoms with E-state index in [1.807, 2.05) is 0 Å². The van der Waals surface area contributed by atoms with Crippen LogP contribution in [0, 0.1) is 0 Å². The maximum Gasteiger partial charge on any atom is 0.416 e. The highest BCUT2D eigenvalue weighted by Gasteiger charge is 2.31. The van der Waals surface area contributed by atoms with E-state index < -0.39 is 11.7 Å². The van der Waals surface area contributed by atoms with Crippen molar-refractivity contribution >= 4 is 5.91 Å². The Morgan fingerprint density at radius 1 is 1.31 bits per heavy atom. The fourth-order valence-corrected chi connectivity index (χ4v) is 2.87. The molecule has 26 heavy (non-hydrogen) atoms. The molecule has 5 nitrogen and oxygen atoms in total. The summed E-state index contributed by atoms with van der Waals surface area (Å²) >= 11 is 0. The smallest absolute Gasteiger partial charge is 0.416 e. The van der Waals surface area contributed by atoms with Crippen LogP contribution in [0.3, 0.4) is 0 Å². The Hall–Kier alpha value is -2.48. The molecule has 140 valence electrons. The number of methoxy groups -OCH3 is 1. The summed E-state index contributed by atoms with van der Waals surface area (Å²) in [5.74, 6) is 0.0920. The second-order valence-electron chi connectivity index (χ2n) is 5.97. The molecule has 1 aliphatic heterocycles. The van der Waals surface area contributed by atoms with Crippen molar-refractivity contribution in [2.75, 3.05) is 26.8 Å². The zero-order valence-corrected chi connectivity index (χ0v) is 14.1. The molecule has 0 bridgehead atoms. The van der Waals surface area contributed by atoms with Crippen molar-refractivity contribution in [3.8, 4) is 5.95 Å². The lowest BCUT2D eigenvalue weighted by Gasteiger charge is -2.32. The van der Waals surface area contributed by atoms with Crippen LogP contribution in [0.15, 0.2) is 40.8 Å². The summed E-state index contributed by atoms with van der Waals surface area (Å²) < 4.78 is 54.3. The average Bonchev–Trinajstić information content (AvgIpc) is 3.10. The minimum absolute atomic E-state index is 0.154. The van der Waals surface area contributed by atoms with Crippen LogP contribution in [-0.2, 0) is 17.3 Å². The van der Waals surface area contributed by atoms with Gasteiger partial charge in [0.2, 0.25) is 0 Å². The molecule has 1 saturated heterocycles. The van der Waals surface area contributed by atoms with E-state index in [1.54, 1.807) is 17.0 Å². The van der Waals surface area contributed by atoms with Crippen LogP contribution >= 0.6 is 0 Å². The standard InChI is InChI=1S/C18H18F3NO4/c1-24-16-6-5-15(26-16)17(23)22-7-8-25-14(11-22)10-12-3-2-4-13(9-12)18(19,20)21/h2-6,9,14H,7-8,10-11H2,1H3/t14-/m0/s1. The van der Waals surface area contributed by atoms with E-state index in [0.717, 1.165) is 12.1 Å². The van der Waals surface area contributed by atoms with Crippen LogP contribution in [0.5, 0.6) is 5.95 Å². The SMILES string of the molecule is COc1ccc(C(=O)N2CCO[C@@H](Cc3cccc(C(F)(F)F)c3)C2)o1. The Bertz CT molecular complexity index is 772. The van der Waals surface area contributed by atoms with E-state index in [-0.39, 0.29) is 36.7 Å². The molecular weight excluding hydrogens is 351 g/mol. The minimum atomic E-state index is -4.39. The quantitative estimate of drug-likeness (QED) is 0.829. The number of carbonyl (C=O) groups is 1. The molecule has 0 spiro atoms. The topological polar surface area (TPSA) is 51.9 Å². The van der Waals surface area contributed by atoms with Gasteiger partial charge in [-0.2, -0.15) is 13.2 Å². The van der Waals surface area contributed by atoms with E-state index in [4.69, 9.17) is 13.9 Å². The zero-order valence-electron chi connectivity index (χ0n) is 14.1. The number of halogens is 3. The molecule has 0 N–H and O–H groups in total. The van der Waals surface area contributed by atoms with Crippen molar-refractivity contribution in [3.05, 3.63) is 53.3 Å². The summed E-state index contributed by atoms with van der Waals surface area (Å²) in [6.07, 6.45) is -4.48. The van der Waals surface area contributed by atoms with Crippen LogP contribution in [0.1, 0.15) is 21.7 Å². The van der Waals surface area contributed by atoms with Gasteiger partial charge in [-0.05, 0) is 17.7 Å². The van der Waals surface area contributed by atoms with E-state index in [2.05, 4.69) is 0 Å². The highest BCUT2D eigenvalue weighted by Crippen LogP contribution is 2.30. The molecule has 2 heterocycles. The van der Waals surface area contributed by atoms with Gasteiger partial charge in [-0.25, -0.2) is 0 Å². The molecule has 1 atom stereocenters. The lowest BCUT2D eigenvalue weighted by atomic mass is 10.0. The third kappa shape index (κ3) is 4.19. The van der Waals surface area contributed by atoms with Crippen molar-refractivity contribution < 1.29 is 31.9 Å². The molecule has 0 saturated carbocycles. The fraction of sp³-hybridized carbons (Fsp3) is 0.389. The van der Waals surface area contributed by atoms with Gasteiger partial charge in [-0.1, -0.05) is 18.2 Å². The Morgan fingerprint density at radius 3 is 2.81 bits per heavy atom. The molecular formula is C18H18F3NO4. The van der Waals surface area contributed by atoms with Crippen molar-refractivity contribution in [1.29, 1.82) is 0 Å². The molecule has 1 fully saturated rings. The second kappa shape index (κ2) is 7.41. The molecule has 3 rings (SSSR count). The number of carbonyl (C=O) groups excluding carboxylic acids is 1. The molecule has 0 unspecified atom stereocenters. The predicted octanol–water partition coefficient (Wildman–Crippen LogP) is 3.39. The van der Waals surface area contributed by atoms with Crippen molar-refractivity contribution in [2.24, 2.45) is 0 Å². The van der Waals surface area contributed by atoms with Crippen molar-refractivity contribution in [2.45, 2.75) is 18.7 Å². The number of furan rings is 1. The Morgan fingerprint density at radius 2 is 2.12 bits per heavy atom. The number of hydrogen-bond acceptors (Lipinski definition) is 4. The highest BCUT2D eigenvalue weighted by atomic mass is 19.4. The van der Waals surface area contributed by atoms with Gasteiger partial charge in [-0.3, -0.25) is 4.79 Å². The first-order valence-electron chi connectivity index (χ1n) is 8.07. The van der Waals surface area contributed by atoms with Gasteiger partial charge >= 0.3 is 6.18 Å². The average molecular weight is 369 g/mol. The van der Waals surface area contributed by atoms with Gasteiger partial charge in [0.15, 0.2) is 5.76 Å². The van der Waals surface area contributed by atoms with E-state index in [1.165, 1.54) is 19.2 Å². The summed E-state index contributed by atoms with van der Waals surface area (Å²) in [6, 6.07) is 8.22. The fourth-order valence-electron chi connectivity index (χ4n) is 2.87. The lowest BCUT2D eigenvalue weighted by molar-refractivity contribution is -0.137. The molecule has 1 amide bonds. The number of morpholine rings is 1. The molecule has 1 aromatic heterocycles. The van der Waals surface area contributed by atoms with Gasteiger partial charge < -0.3 is 18.8 Å². The first-order chi connectivity index (χ1) is 12.4. The van der Waals surface area contributed by atoms with Crippen LogP contribution in [0.25, 0.3) is 0 Å². The van der Waals surface area contributed by atoms with E-state index in [9.17, 15) is 18.0 Å². The number of rotatable bonds is 4. The normalized spacial score (nSPS) is 18.0.